The maximum atomic E-state index is 13.6. The molecule has 1 aromatic heterocycles. The summed E-state index contributed by atoms with van der Waals surface area (Å²) in [6, 6.07) is 3.52. The number of halogens is 2. The Hall–Kier alpha value is -1.47. The third-order valence-electron chi connectivity index (χ3n) is 3.38. The number of pyridine rings is 1. The van der Waals surface area contributed by atoms with Gasteiger partial charge < -0.3 is 20.3 Å². The van der Waals surface area contributed by atoms with Gasteiger partial charge in [0.2, 0.25) is 0 Å². The van der Waals surface area contributed by atoms with E-state index in [0.29, 0.717) is 5.75 Å². The molecule has 1 aliphatic rings. The van der Waals surface area contributed by atoms with E-state index in [-0.39, 0.29) is 6.04 Å². The number of nitrogens with zero attached hydrogens (tertiary/aromatic N) is 2. The van der Waals surface area contributed by atoms with Crippen molar-refractivity contribution in [2.24, 2.45) is 0 Å². The lowest BCUT2D eigenvalue weighted by Crippen LogP contribution is -2.43. The predicted molar refractivity (Wildman–Crippen MR) is 82.9 cm³/mol. The molecule has 0 atom stereocenters. The van der Waals surface area contributed by atoms with E-state index < -0.39 is 19.1 Å². The Balaban J connectivity index is 1.83. The second kappa shape index (κ2) is 7.69. The molecule has 0 aliphatic carbocycles. The molecule has 1 aliphatic heterocycles. The molecule has 0 saturated carbocycles. The minimum absolute atomic E-state index is 0.0193. The Morgan fingerprint density at radius 1 is 1.36 bits per heavy atom. The van der Waals surface area contributed by atoms with E-state index in [1.807, 2.05) is 19.9 Å². The monoisotopic (exact) mass is 314 g/mol. The number of anilines is 1. The van der Waals surface area contributed by atoms with Gasteiger partial charge in [0.05, 0.1) is 12.7 Å². The Morgan fingerprint density at radius 3 is 2.68 bits per heavy atom. The summed E-state index contributed by atoms with van der Waals surface area (Å²) in [5, 5.41) is 5.99. The number of hydrogen-bond acceptors (Lipinski definition) is 5. The van der Waals surface area contributed by atoms with E-state index in [4.69, 9.17) is 4.74 Å². The number of piperazine rings is 1. The molecule has 124 valence electrons. The minimum Gasteiger partial charge on any atom is -0.486 e. The van der Waals surface area contributed by atoms with Crippen LogP contribution in [0.2, 0.25) is 0 Å². The van der Waals surface area contributed by atoms with Crippen LogP contribution in [0.15, 0.2) is 18.3 Å². The molecule has 1 aromatic rings. The van der Waals surface area contributed by atoms with Crippen molar-refractivity contribution in [1.29, 1.82) is 0 Å². The van der Waals surface area contributed by atoms with Crippen molar-refractivity contribution < 1.29 is 13.5 Å². The Labute approximate surface area is 130 Å². The van der Waals surface area contributed by atoms with Crippen molar-refractivity contribution in [1.82, 2.24) is 15.6 Å². The molecule has 2 N–H and O–H groups in total. The highest BCUT2D eigenvalue weighted by atomic mass is 19.3. The van der Waals surface area contributed by atoms with Crippen LogP contribution in [0.4, 0.5) is 14.6 Å². The second-order valence-corrected chi connectivity index (χ2v) is 5.77. The number of nitrogens with one attached hydrogen (secondary N) is 2. The van der Waals surface area contributed by atoms with Gasteiger partial charge in [0, 0.05) is 32.2 Å². The first kappa shape index (κ1) is 16.9. The molecule has 0 spiro atoms. The smallest absolute Gasteiger partial charge is 0.293 e. The lowest BCUT2D eigenvalue weighted by Gasteiger charge is -2.28. The fraction of sp³-hybridized carbons (Fsp3) is 0.667. The summed E-state index contributed by atoms with van der Waals surface area (Å²) in [5.41, 5.74) is 0. The van der Waals surface area contributed by atoms with Gasteiger partial charge in [-0.2, -0.15) is 0 Å². The molecular weight excluding hydrogens is 290 g/mol. The Bertz CT molecular complexity index is 447. The molecule has 0 aromatic carbocycles. The van der Waals surface area contributed by atoms with E-state index in [0.717, 1.165) is 32.0 Å². The molecule has 0 bridgehead atoms. The number of rotatable bonds is 7. The van der Waals surface area contributed by atoms with Crippen LogP contribution in [0.1, 0.15) is 13.8 Å². The molecule has 2 heterocycles. The zero-order valence-electron chi connectivity index (χ0n) is 13.1. The SMILES string of the molecule is CC(C)NCC(F)(F)COc1ccc(N2CCNCC2)nc1. The molecular formula is C15H24F2N4O. The zero-order chi connectivity index (χ0) is 16.0. The number of alkyl halides is 2. The summed E-state index contributed by atoms with van der Waals surface area (Å²) in [6.07, 6.45) is 1.50. The van der Waals surface area contributed by atoms with Gasteiger partial charge in [-0.3, -0.25) is 0 Å². The van der Waals surface area contributed by atoms with Crippen molar-refractivity contribution >= 4 is 5.82 Å². The standard InChI is InChI=1S/C15H24F2N4O/c1-12(2)20-10-15(16,17)11-22-13-3-4-14(19-9-13)21-7-5-18-6-8-21/h3-4,9,12,18,20H,5-8,10-11H2,1-2H3. The van der Waals surface area contributed by atoms with Gasteiger partial charge in [-0.15, -0.1) is 0 Å². The van der Waals surface area contributed by atoms with E-state index >= 15 is 0 Å². The fourth-order valence-electron chi connectivity index (χ4n) is 2.13. The van der Waals surface area contributed by atoms with E-state index in [2.05, 4.69) is 20.5 Å². The normalized spacial score (nSPS) is 16.1. The first-order chi connectivity index (χ1) is 10.5. The van der Waals surface area contributed by atoms with Gasteiger partial charge in [0.15, 0.2) is 6.61 Å². The van der Waals surface area contributed by atoms with Gasteiger partial charge in [0.1, 0.15) is 11.6 Å². The number of ether oxygens (including phenoxy) is 1. The highest BCUT2D eigenvalue weighted by Gasteiger charge is 2.30. The molecule has 0 amide bonds. The van der Waals surface area contributed by atoms with Gasteiger partial charge in [0.25, 0.3) is 5.92 Å². The quantitative estimate of drug-likeness (QED) is 0.799. The van der Waals surface area contributed by atoms with Crippen molar-refractivity contribution in [3.05, 3.63) is 18.3 Å². The van der Waals surface area contributed by atoms with Crippen LogP contribution in [0.5, 0.6) is 5.75 Å². The van der Waals surface area contributed by atoms with Gasteiger partial charge in [-0.05, 0) is 12.1 Å². The van der Waals surface area contributed by atoms with Crippen LogP contribution < -0.4 is 20.3 Å². The van der Waals surface area contributed by atoms with Crippen molar-refractivity contribution in [3.8, 4) is 5.75 Å². The lowest BCUT2D eigenvalue weighted by molar-refractivity contribution is -0.0402. The molecule has 5 nitrogen and oxygen atoms in total. The van der Waals surface area contributed by atoms with E-state index in [1.165, 1.54) is 6.20 Å². The first-order valence-corrected chi connectivity index (χ1v) is 7.62. The third kappa shape index (κ3) is 5.38. The Morgan fingerprint density at radius 2 is 2.09 bits per heavy atom. The van der Waals surface area contributed by atoms with Crippen molar-refractivity contribution in [2.45, 2.75) is 25.8 Å². The maximum absolute atomic E-state index is 13.6. The molecule has 7 heteroatoms. The molecule has 1 fully saturated rings. The summed E-state index contributed by atoms with van der Waals surface area (Å²) in [5.74, 6) is -1.69. The van der Waals surface area contributed by atoms with Crippen LogP contribution in [0.3, 0.4) is 0 Å². The van der Waals surface area contributed by atoms with Crippen LogP contribution >= 0.6 is 0 Å². The average Bonchev–Trinajstić information content (AvgIpc) is 2.53. The number of hydrogen-bond donors (Lipinski definition) is 2. The van der Waals surface area contributed by atoms with Gasteiger partial charge in [-0.25, -0.2) is 13.8 Å². The predicted octanol–water partition coefficient (Wildman–Crippen LogP) is 1.50. The third-order valence-corrected chi connectivity index (χ3v) is 3.38. The summed E-state index contributed by atoms with van der Waals surface area (Å²) >= 11 is 0. The van der Waals surface area contributed by atoms with Crippen molar-refractivity contribution in [3.63, 3.8) is 0 Å². The number of aromatic nitrogens is 1. The summed E-state index contributed by atoms with van der Waals surface area (Å²) < 4.78 is 32.4. The van der Waals surface area contributed by atoms with Gasteiger partial charge >= 0.3 is 0 Å². The molecule has 1 saturated heterocycles. The largest absolute Gasteiger partial charge is 0.486 e. The maximum Gasteiger partial charge on any atom is 0.293 e. The molecule has 0 unspecified atom stereocenters. The van der Waals surface area contributed by atoms with Crippen molar-refractivity contribution in [2.75, 3.05) is 44.2 Å². The van der Waals surface area contributed by atoms with Crippen LogP contribution in [0, 0.1) is 0 Å². The average molecular weight is 314 g/mol. The highest BCUT2D eigenvalue weighted by Crippen LogP contribution is 2.19. The molecule has 0 radical (unpaired) electrons. The molecule has 2 rings (SSSR count). The first-order valence-electron chi connectivity index (χ1n) is 7.62. The minimum atomic E-state index is -2.90. The van der Waals surface area contributed by atoms with E-state index in [1.54, 1.807) is 6.07 Å². The van der Waals surface area contributed by atoms with Gasteiger partial charge in [-0.1, -0.05) is 13.8 Å². The topological polar surface area (TPSA) is 49.4 Å². The van der Waals surface area contributed by atoms with E-state index in [9.17, 15) is 8.78 Å². The highest BCUT2D eigenvalue weighted by molar-refractivity contribution is 5.41. The zero-order valence-corrected chi connectivity index (χ0v) is 13.1. The molecule has 22 heavy (non-hydrogen) atoms. The van der Waals surface area contributed by atoms with Crippen LogP contribution in [-0.2, 0) is 0 Å². The van der Waals surface area contributed by atoms with Crippen LogP contribution in [0.25, 0.3) is 0 Å². The lowest BCUT2D eigenvalue weighted by atomic mass is 10.3. The Kier molecular flexibility index (Phi) is 5.90. The summed E-state index contributed by atoms with van der Waals surface area (Å²) in [6.45, 7) is 6.26. The second-order valence-electron chi connectivity index (χ2n) is 5.77. The van der Waals surface area contributed by atoms with Crippen LogP contribution in [-0.4, -0.2) is 56.3 Å². The summed E-state index contributed by atoms with van der Waals surface area (Å²) in [4.78, 5) is 6.44. The fourth-order valence-corrected chi connectivity index (χ4v) is 2.13. The summed E-state index contributed by atoms with van der Waals surface area (Å²) in [7, 11) is 0.